The minimum absolute atomic E-state index is 0.00382. The third-order valence-electron chi connectivity index (χ3n) is 6.73. The van der Waals surface area contributed by atoms with Crippen LogP contribution in [-0.2, 0) is 29.8 Å². The van der Waals surface area contributed by atoms with Gasteiger partial charge in [0.1, 0.15) is 5.75 Å². The first kappa shape index (κ1) is 36.3. The molecule has 44 heavy (non-hydrogen) atoms. The second-order valence-corrected chi connectivity index (χ2v) is 18.5. The summed E-state index contributed by atoms with van der Waals surface area (Å²) in [5.74, 6) is 1.85. The van der Waals surface area contributed by atoms with Crippen molar-refractivity contribution in [2.75, 3.05) is 21.3 Å². The summed E-state index contributed by atoms with van der Waals surface area (Å²) in [4.78, 5) is 3.31. The van der Waals surface area contributed by atoms with Gasteiger partial charge < -0.3 is 9.05 Å². The molecule has 0 saturated heterocycles. The van der Waals surface area contributed by atoms with Gasteiger partial charge >= 0.3 is 24.7 Å². The van der Waals surface area contributed by atoms with Gasteiger partial charge in [-0.25, -0.2) is 4.52 Å². The van der Waals surface area contributed by atoms with Crippen LogP contribution in [0.2, 0.25) is 0 Å². The number of rotatable bonds is 12. The molecule has 0 heterocycles. The van der Waals surface area contributed by atoms with Gasteiger partial charge in [0.15, 0.2) is 11.5 Å². The number of benzene rings is 3. The highest BCUT2D eigenvalue weighted by Crippen LogP contribution is 2.66. The fourth-order valence-electron chi connectivity index (χ4n) is 3.94. The Labute approximate surface area is 267 Å². The zero-order valence-electron chi connectivity index (χ0n) is 28.2. The molecule has 0 bridgehead atoms. The van der Waals surface area contributed by atoms with Crippen molar-refractivity contribution in [3.05, 3.63) is 89.5 Å². The highest BCUT2D eigenvalue weighted by molar-refractivity contribution is 7.75. The molecule has 3 unspecified atom stereocenters. The van der Waals surface area contributed by atoms with Crippen molar-refractivity contribution >= 4 is 24.7 Å². The van der Waals surface area contributed by atoms with E-state index in [4.69, 9.17) is 31.7 Å². The van der Waals surface area contributed by atoms with E-state index >= 15 is 0 Å². The summed E-state index contributed by atoms with van der Waals surface area (Å²) in [6.07, 6.45) is 0. The lowest BCUT2D eigenvalue weighted by Gasteiger charge is -2.22. The van der Waals surface area contributed by atoms with Crippen molar-refractivity contribution in [1.82, 2.24) is 4.86 Å². The summed E-state index contributed by atoms with van der Waals surface area (Å²) in [6, 6.07) is 23.8. The fraction of sp³-hybridized carbons (Fsp3) is 0.455. The molecule has 0 amide bonds. The van der Waals surface area contributed by atoms with Crippen LogP contribution < -0.4 is 18.4 Å². The highest BCUT2D eigenvalue weighted by atomic mass is 31.3. The minimum Gasteiger partial charge on any atom is -0.434 e. The molecule has 3 aromatic rings. The summed E-state index contributed by atoms with van der Waals surface area (Å²) >= 11 is 0. The first-order valence-corrected chi connectivity index (χ1v) is 18.4. The molecule has 0 aromatic heterocycles. The van der Waals surface area contributed by atoms with E-state index in [1.807, 2.05) is 60.7 Å². The Morgan fingerprint density at radius 3 is 1.39 bits per heavy atom. The van der Waals surface area contributed by atoms with Crippen LogP contribution in [0.3, 0.4) is 0 Å². The average molecular weight is 663 g/mol. The summed E-state index contributed by atoms with van der Waals surface area (Å²) in [7, 11) is -2.24. The molecule has 3 rings (SSSR count). The first-order chi connectivity index (χ1) is 20.5. The zero-order chi connectivity index (χ0) is 32.8. The maximum absolute atomic E-state index is 6.51. The van der Waals surface area contributed by atoms with Crippen molar-refractivity contribution < 1.29 is 27.1 Å². The van der Waals surface area contributed by atoms with Crippen LogP contribution in [0.1, 0.15) is 79.0 Å². The Morgan fingerprint density at radius 2 is 1.02 bits per heavy atom. The second-order valence-electron chi connectivity index (χ2n) is 13.3. The molecule has 0 spiro atoms. The monoisotopic (exact) mass is 662 g/mol. The molecule has 0 radical (unpaired) electrons. The number of hydrogen-bond acceptors (Lipinski definition) is 8. The maximum atomic E-state index is 6.51. The summed E-state index contributed by atoms with van der Waals surface area (Å²) in [5, 5.41) is 0. The maximum Gasteiger partial charge on any atom is 0.659 e. The van der Waals surface area contributed by atoms with Gasteiger partial charge in [0.2, 0.25) is 4.52 Å². The van der Waals surface area contributed by atoms with Crippen LogP contribution >= 0.6 is 24.7 Å². The largest absolute Gasteiger partial charge is 0.659 e. The van der Waals surface area contributed by atoms with Gasteiger partial charge in [-0.15, -0.1) is 4.52 Å². The summed E-state index contributed by atoms with van der Waals surface area (Å²) < 4.78 is 41.3. The Bertz CT molecular complexity index is 1360. The molecule has 1 N–H and O–H groups in total. The van der Waals surface area contributed by atoms with Crippen LogP contribution in [0.15, 0.2) is 77.3 Å². The Balaban J connectivity index is 1.96. The predicted molar refractivity (Wildman–Crippen MR) is 185 cm³/mol. The van der Waals surface area contributed by atoms with E-state index < -0.39 is 24.7 Å². The van der Waals surface area contributed by atoms with E-state index in [0.717, 1.165) is 0 Å². The van der Waals surface area contributed by atoms with Crippen molar-refractivity contribution in [2.45, 2.75) is 78.6 Å². The molecular weight excluding hydrogens is 613 g/mol. The number of nitrogens with one attached hydrogen (secondary N) is 1. The van der Waals surface area contributed by atoms with Gasteiger partial charge in [0.05, 0.1) is 14.2 Å². The van der Waals surface area contributed by atoms with Crippen LogP contribution in [0.25, 0.3) is 0 Å². The molecule has 3 aromatic carbocycles. The molecule has 0 aliphatic carbocycles. The van der Waals surface area contributed by atoms with Gasteiger partial charge in [0.25, 0.3) is 0 Å². The first-order valence-electron chi connectivity index (χ1n) is 14.5. The zero-order valence-corrected chi connectivity index (χ0v) is 30.8. The lowest BCUT2D eigenvalue weighted by Crippen LogP contribution is -2.19. The van der Waals surface area contributed by atoms with Gasteiger partial charge in [0, 0.05) is 7.11 Å². The Morgan fingerprint density at radius 1 is 0.614 bits per heavy atom. The molecular formula is C33H49N2O6P3+2. The Hall–Kier alpha value is -2.14. The van der Waals surface area contributed by atoms with E-state index in [2.05, 4.69) is 79.3 Å². The van der Waals surface area contributed by atoms with E-state index in [9.17, 15) is 0 Å². The third kappa shape index (κ3) is 10.5. The predicted octanol–water partition coefficient (Wildman–Crippen LogP) is 11.0. The average Bonchev–Trinajstić information content (AvgIpc) is 2.95. The molecule has 11 heteroatoms. The molecule has 0 aliphatic heterocycles. The molecule has 8 nitrogen and oxygen atoms in total. The lowest BCUT2D eigenvalue weighted by molar-refractivity contribution is 0.351. The van der Waals surface area contributed by atoms with Crippen molar-refractivity contribution in [2.24, 2.45) is 4.52 Å². The topological polar surface area (TPSA) is 79.8 Å². The van der Waals surface area contributed by atoms with Gasteiger partial charge in [-0.2, -0.15) is 4.52 Å². The SMILES string of the molecule is COP(N[P+](N=[P+](OC)Oc1ccc(C(C)(C)C)cc1)(OC)Oc1ccc(C(C)(C)C)cc1)Oc1ccc(C(C)(C)C)cc1. The van der Waals surface area contributed by atoms with E-state index in [1.165, 1.54) is 23.8 Å². The van der Waals surface area contributed by atoms with Gasteiger partial charge in [-0.3, -0.25) is 4.52 Å². The van der Waals surface area contributed by atoms with Gasteiger partial charge in [-0.1, -0.05) is 98.7 Å². The smallest absolute Gasteiger partial charge is 0.434 e. The van der Waals surface area contributed by atoms with E-state index in [0.29, 0.717) is 17.2 Å². The van der Waals surface area contributed by atoms with E-state index in [1.54, 1.807) is 14.2 Å². The summed E-state index contributed by atoms with van der Waals surface area (Å²) in [5.41, 5.74) is 3.63. The number of nitrogens with zero attached hydrogens (tertiary/aromatic N) is 1. The molecule has 240 valence electrons. The molecule has 0 aliphatic rings. The van der Waals surface area contributed by atoms with Crippen LogP contribution in [0.4, 0.5) is 0 Å². The second kappa shape index (κ2) is 15.0. The van der Waals surface area contributed by atoms with Crippen LogP contribution in [0.5, 0.6) is 17.2 Å². The summed E-state index contributed by atoms with van der Waals surface area (Å²) in [6.45, 7) is 19.5. The standard InChI is InChI=1S/C33H49N2O6P3/c1-31(2,3)25-13-19-28(20-14-25)39-42(36-10)34-44(38-12,41-30-23-17-27(18-24-30)33(7,8)9)35-43(37-11)40-29-21-15-26(16-22-29)32(4,5)6/h13-24,34H,1-12H3/q+2. The van der Waals surface area contributed by atoms with Crippen LogP contribution in [0, 0.1) is 0 Å². The highest BCUT2D eigenvalue weighted by Gasteiger charge is 2.56. The number of hydrogen-bond donors (Lipinski definition) is 1. The molecule has 0 fully saturated rings. The molecule has 3 atom stereocenters. The van der Waals surface area contributed by atoms with Crippen LogP contribution in [-0.4, -0.2) is 21.3 Å². The van der Waals surface area contributed by atoms with Crippen molar-refractivity contribution in [3.8, 4) is 17.2 Å². The normalized spacial score (nSPS) is 15.0. The molecule has 0 saturated carbocycles. The quantitative estimate of drug-likeness (QED) is 0.193. The van der Waals surface area contributed by atoms with Crippen molar-refractivity contribution in [1.29, 1.82) is 0 Å². The minimum atomic E-state index is -3.31. The lowest BCUT2D eigenvalue weighted by atomic mass is 9.87. The third-order valence-corrected chi connectivity index (χ3v) is 12.3. The van der Waals surface area contributed by atoms with Crippen molar-refractivity contribution in [3.63, 3.8) is 0 Å². The van der Waals surface area contributed by atoms with Gasteiger partial charge in [-0.05, 0) is 74.2 Å². The van der Waals surface area contributed by atoms with E-state index in [-0.39, 0.29) is 16.2 Å². The fourth-order valence-corrected chi connectivity index (χ4v) is 9.16. The Kier molecular flexibility index (Phi) is 12.4.